The fourth-order valence-electron chi connectivity index (χ4n) is 1.97. The van der Waals surface area contributed by atoms with Crippen molar-refractivity contribution < 1.29 is 31.8 Å². The van der Waals surface area contributed by atoms with E-state index in [1.54, 1.807) is 19.1 Å². The Morgan fingerprint density at radius 2 is 1.62 bits per heavy atom. The van der Waals surface area contributed by atoms with E-state index < -0.39 is 24.7 Å². The molecule has 1 atom stereocenters. The Labute approximate surface area is 147 Å². The van der Waals surface area contributed by atoms with Crippen LogP contribution in [0.3, 0.4) is 0 Å². The molecule has 1 N–H and O–H groups in total. The maximum atomic E-state index is 12.8. The summed E-state index contributed by atoms with van der Waals surface area (Å²) in [4.78, 5) is 12.0. The quantitative estimate of drug-likeness (QED) is 0.752. The van der Waals surface area contributed by atoms with Crippen LogP contribution in [0.4, 0.5) is 17.6 Å². The summed E-state index contributed by atoms with van der Waals surface area (Å²) in [6.45, 7) is 0.365. The van der Waals surface area contributed by atoms with Crippen molar-refractivity contribution >= 4 is 5.91 Å². The fourth-order valence-corrected chi connectivity index (χ4v) is 1.97. The molecule has 0 bridgehead atoms. The van der Waals surface area contributed by atoms with E-state index in [9.17, 15) is 22.4 Å². The number of hydrogen-bond donors (Lipinski definition) is 1. The molecule has 0 saturated carbocycles. The second-order valence-electron chi connectivity index (χ2n) is 5.48. The van der Waals surface area contributed by atoms with Crippen molar-refractivity contribution in [3.05, 3.63) is 59.9 Å². The SMILES string of the molecule is CC(Oc1ccc(F)cc1)C(=O)NCc1ccc(OCC(F)(F)F)cc1. The van der Waals surface area contributed by atoms with Gasteiger partial charge in [-0.1, -0.05) is 12.1 Å². The smallest absolute Gasteiger partial charge is 0.422 e. The molecule has 2 aromatic rings. The van der Waals surface area contributed by atoms with Gasteiger partial charge in [0.25, 0.3) is 5.91 Å². The van der Waals surface area contributed by atoms with Gasteiger partial charge in [0, 0.05) is 6.54 Å². The molecule has 1 amide bonds. The predicted octanol–water partition coefficient (Wildman–Crippen LogP) is 3.85. The molecular formula is C18H17F4NO3. The molecular weight excluding hydrogens is 354 g/mol. The normalized spacial score (nSPS) is 12.3. The first-order valence-electron chi connectivity index (χ1n) is 7.71. The Kier molecular flexibility index (Phi) is 6.43. The zero-order valence-electron chi connectivity index (χ0n) is 13.8. The highest BCUT2D eigenvalue weighted by molar-refractivity contribution is 5.80. The summed E-state index contributed by atoms with van der Waals surface area (Å²) in [6.07, 6.45) is -5.19. The summed E-state index contributed by atoms with van der Waals surface area (Å²) >= 11 is 0. The lowest BCUT2D eigenvalue weighted by atomic mass is 10.2. The maximum Gasteiger partial charge on any atom is 0.422 e. The Bertz CT molecular complexity index is 715. The summed E-state index contributed by atoms with van der Waals surface area (Å²) in [5.41, 5.74) is 0.687. The molecule has 0 aromatic heterocycles. The molecule has 2 aromatic carbocycles. The number of alkyl halides is 3. The third-order valence-electron chi connectivity index (χ3n) is 3.29. The number of carbonyl (C=O) groups is 1. The largest absolute Gasteiger partial charge is 0.484 e. The Morgan fingerprint density at radius 3 is 2.19 bits per heavy atom. The van der Waals surface area contributed by atoms with E-state index in [0.717, 1.165) is 0 Å². The maximum absolute atomic E-state index is 12.8. The molecule has 0 spiro atoms. The second-order valence-corrected chi connectivity index (χ2v) is 5.48. The van der Waals surface area contributed by atoms with E-state index in [0.29, 0.717) is 11.3 Å². The monoisotopic (exact) mass is 371 g/mol. The fraction of sp³-hybridized carbons (Fsp3) is 0.278. The van der Waals surface area contributed by atoms with Gasteiger partial charge in [-0.15, -0.1) is 0 Å². The summed E-state index contributed by atoms with van der Waals surface area (Å²) in [6, 6.07) is 11.2. The summed E-state index contributed by atoms with van der Waals surface area (Å²) in [5, 5.41) is 2.65. The van der Waals surface area contributed by atoms with Crippen LogP contribution in [-0.2, 0) is 11.3 Å². The van der Waals surface area contributed by atoms with Crippen molar-refractivity contribution in [3.63, 3.8) is 0 Å². The standard InChI is InChI=1S/C18H17F4NO3/c1-12(26-16-8-4-14(19)5-9-16)17(24)23-10-13-2-6-15(7-3-13)25-11-18(20,21)22/h2-9,12H,10-11H2,1H3,(H,23,24). The summed E-state index contributed by atoms with van der Waals surface area (Å²) in [7, 11) is 0. The van der Waals surface area contributed by atoms with Crippen LogP contribution in [0.15, 0.2) is 48.5 Å². The molecule has 0 heterocycles. The van der Waals surface area contributed by atoms with Crippen LogP contribution < -0.4 is 14.8 Å². The van der Waals surface area contributed by atoms with Crippen LogP contribution >= 0.6 is 0 Å². The van der Waals surface area contributed by atoms with Crippen molar-refractivity contribution in [2.75, 3.05) is 6.61 Å². The number of halogens is 4. The van der Waals surface area contributed by atoms with E-state index in [4.69, 9.17) is 4.74 Å². The predicted molar refractivity (Wildman–Crippen MR) is 86.3 cm³/mol. The van der Waals surface area contributed by atoms with Crippen molar-refractivity contribution in [1.29, 1.82) is 0 Å². The number of amides is 1. The van der Waals surface area contributed by atoms with E-state index in [2.05, 4.69) is 10.1 Å². The number of rotatable bonds is 7. The topological polar surface area (TPSA) is 47.6 Å². The van der Waals surface area contributed by atoms with Crippen LogP contribution in [0.2, 0.25) is 0 Å². The average molecular weight is 371 g/mol. The van der Waals surface area contributed by atoms with Gasteiger partial charge in [0.1, 0.15) is 17.3 Å². The first-order chi connectivity index (χ1) is 12.2. The first kappa shape index (κ1) is 19.6. The van der Waals surface area contributed by atoms with E-state index >= 15 is 0 Å². The average Bonchev–Trinajstić information content (AvgIpc) is 2.60. The van der Waals surface area contributed by atoms with Crippen molar-refractivity contribution in [2.45, 2.75) is 25.7 Å². The Balaban J connectivity index is 1.80. The lowest BCUT2D eigenvalue weighted by Gasteiger charge is -2.15. The number of benzene rings is 2. The molecule has 0 saturated heterocycles. The van der Waals surface area contributed by atoms with E-state index in [-0.39, 0.29) is 18.2 Å². The second kappa shape index (κ2) is 8.55. The molecule has 0 aliphatic carbocycles. The van der Waals surface area contributed by atoms with Crippen LogP contribution in [-0.4, -0.2) is 24.8 Å². The molecule has 0 aliphatic heterocycles. The van der Waals surface area contributed by atoms with Gasteiger partial charge in [0.15, 0.2) is 12.7 Å². The minimum atomic E-state index is -4.40. The number of hydrogen-bond acceptors (Lipinski definition) is 3. The van der Waals surface area contributed by atoms with Crippen LogP contribution in [0.25, 0.3) is 0 Å². The van der Waals surface area contributed by atoms with Crippen molar-refractivity contribution in [3.8, 4) is 11.5 Å². The van der Waals surface area contributed by atoms with Gasteiger partial charge in [-0.2, -0.15) is 13.2 Å². The van der Waals surface area contributed by atoms with Crippen LogP contribution in [0.1, 0.15) is 12.5 Å². The minimum absolute atomic E-state index is 0.0883. The molecule has 1 unspecified atom stereocenters. The van der Waals surface area contributed by atoms with Crippen molar-refractivity contribution in [2.24, 2.45) is 0 Å². The van der Waals surface area contributed by atoms with Gasteiger partial charge in [-0.05, 0) is 48.9 Å². The highest BCUT2D eigenvalue weighted by Crippen LogP contribution is 2.19. The molecule has 0 aliphatic rings. The van der Waals surface area contributed by atoms with Crippen molar-refractivity contribution in [1.82, 2.24) is 5.32 Å². The molecule has 0 fully saturated rings. The highest BCUT2D eigenvalue weighted by atomic mass is 19.4. The Morgan fingerprint density at radius 1 is 1.04 bits per heavy atom. The molecule has 4 nitrogen and oxygen atoms in total. The molecule has 2 rings (SSSR count). The van der Waals surface area contributed by atoms with Gasteiger partial charge in [0.05, 0.1) is 0 Å². The number of nitrogens with one attached hydrogen (secondary N) is 1. The van der Waals surface area contributed by atoms with Gasteiger partial charge >= 0.3 is 6.18 Å². The van der Waals surface area contributed by atoms with E-state index in [1.807, 2.05) is 0 Å². The van der Waals surface area contributed by atoms with Gasteiger partial charge in [-0.25, -0.2) is 4.39 Å². The lowest BCUT2D eigenvalue weighted by Crippen LogP contribution is -2.35. The van der Waals surface area contributed by atoms with Crippen LogP contribution in [0.5, 0.6) is 11.5 Å². The summed E-state index contributed by atoms with van der Waals surface area (Å²) < 4.78 is 59.1. The summed E-state index contributed by atoms with van der Waals surface area (Å²) in [5.74, 6) is -0.338. The Hall–Kier alpha value is -2.77. The minimum Gasteiger partial charge on any atom is -0.484 e. The number of carbonyl (C=O) groups excluding carboxylic acids is 1. The molecule has 26 heavy (non-hydrogen) atoms. The molecule has 0 radical (unpaired) electrons. The zero-order valence-corrected chi connectivity index (χ0v) is 13.8. The third-order valence-corrected chi connectivity index (χ3v) is 3.29. The van der Waals surface area contributed by atoms with Gasteiger partial charge in [-0.3, -0.25) is 4.79 Å². The third kappa shape index (κ3) is 6.62. The van der Waals surface area contributed by atoms with E-state index in [1.165, 1.54) is 36.4 Å². The van der Waals surface area contributed by atoms with Crippen LogP contribution in [0, 0.1) is 5.82 Å². The van der Waals surface area contributed by atoms with Gasteiger partial charge < -0.3 is 14.8 Å². The molecule has 140 valence electrons. The lowest BCUT2D eigenvalue weighted by molar-refractivity contribution is -0.153. The van der Waals surface area contributed by atoms with Gasteiger partial charge in [0.2, 0.25) is 0 Å². The highest BCUT2D eigenvalue weighted by Gasteiger charge is 2.28. The zero-order chi connectivity index (χ0) is 19.2. The first-order valence-corrected chi connectivity index (χ1v) is 7.71. The number of ether oxygens (including phenoxy) is 2. The molecule has 8 heteroatoms.